The monoisotopic (exact) mass is 487 g/mol. The second-order valence-electron chi connectivity index (χ2n) is 7.40. The third-order valence-corrected chi connectivity index (χ3v) is 7.69. The number of nitrogens with zero attached hydrogens (tertiary/aromatic N) is 3. The van der Waals surface area contributed by atoms with Gasteiger partial charge in [0.2, 0.25) is 15.9 Å². The molecule has 0 N–H and O–H groups in total. The third-order valence-electron chi connectivity index (χ3n) is 4.97. The molecule has 174 valence electrons. The molecular formula is C23H25N3O5S2. The molecule has 0 aliphatic rings. The number of sulfonamides is 1. The van der Waals surface area contributed by atoms with Gasteiger partial charge in [0.1, 0.15) is 0 Å². The highest BCUT2D eigenvalue weighted by Crippen LogP contribution is 2.21. The minimum atomic E-state index is -4.00. The molecule has 0 spiro atoms. The van der Waals surface area contributed by atoms with E-state index in [1.807, 2.05) is 54.8 Å². The summed E-state index contributed by atoms with van der Waals surface area (Å²) in [7, 11) is -4.00. The summed E-state index contributed by atoms with van der Waals surface area (Å²) in [6.45, 7) is 2.41. The van der Waals surface area contributed by atoms with Gasteiger partial charge in [-0.25, -0.2) is 8.42 Å². The topological polar surface area (TPSA) is 101 Å². The summed E-state index contributed by atoms with van der Waals surface area (Å²) < 4.78 is 27.6. The Morgan fingerprint density at radius 3 is 2.27 bits per heavy atom. The molecule has 0 aliphatic carbocycles. The SMILES string of the molecule is CCCN(CC(=O)N(Cc1ccccc1)Cc1cccs1)S(=O)(=O)c1ccc([N+](=O)[O-])cc1. The van der Waals surface area contributed by atoms with Crippen LogP contribution in [0, 0.1) is 10.1 Å². The van der Waals surface area contributed by atoms with E-state index in [2.05, 4.69) is 0 Å². The molecule has 3 rings (SSSR count). The minimum absolute atomic E-state index is 0.0813. The molecule has 0 bridgehead atoms. The molecule has 1 aromatic heterocycles. The molecule has 0 radical (unpaired) electrons. The number of non-ortho nitro benzene ring substituents is 1. The lowest BCUT2D eigenvalue weighted by Gasteiger charge is -2.27. The van der Waals surface area contributed by atoms with E-state index in [4.69, 9.17) is 0 Å². The highest BCUT2D eigenvalue weighted by Gasteiger charge is 2.28. The number of thiophene rings is 1. The second-order valence-corrected chi connectivity index (χ2v) is 10.4. The van der Waals surface area contributed by atoms with Crippen LogP contribution in [0.25, 0.3) is 0 Å². The number of rotatable bonds is 11. The molecular weight excluding hydrogens is 462 g/mol. The fourth-order valence-electron chi connectivity index (χ4n) is 3.30. The smallest absolute Gasteiger partial charge is 0.269 e. The standard InChI is InChI=1S/C23H25N3O5S2/c1-2-14-25(33(30,31)22-12-10-20(11-13-22)26(28)29)18-23(27)24(17-21-9-6-15-32-21)16-19-7-4-3-5-8-19/h3-13,15H,2,14,16-18H2,1H3. The van der Waals surface area contributed by atoms with Crippen molar-refractivity contribution >= 4 is 33.0 Å². The average Bonchev–Trinajstić information content (AvgIpc) is 3.32. The van der Waals surface area contributed by atoms with Crippen LogP contribution in [0.5, 0.6) is 0 Å². The lowest BCUT2D eigenvalue weighted by atomic mass is 10.2. The molecule has 2 aromatic carbocycles. The van der Waals surface area contributed by atoms with Crippen molar-refractivity contribution in [2.45, 2.75) is 31.3 Å². The molecule has 0 unspecified atom stereocenters. The molecule has 3 aromatic rings. The Balaban J connectivity index is 1.83. The summed E-state index contributed by atoms with van der Waals surface area (Å²) in [5, 5.41) is 12.8. The number of hydrogen-bond acceptors (Lipinski definition) is 6. The quantitative estimate of drug-likeness (QED) is 0.297. The Morgan fingerprint density at radius 2 is 1.70 bits per heavy atom. The first kappa shape index (κ1) is 24.6. The van der Waals surface area contributed by atoms with Crippen LogP contribution in [-0.2, 0) is 27.9 Å². The van der Waals surface area contributed by atoms with Gasteiger partial charge < -0.3 is 4.90 Å². The lowest BCUT2D eigenvalue weighted by molar-refractivity contribution is -0.384. The van der Waals surface area contributed by atoms with Crippen molar-refractivity contribution in [2.75, 3.05) is 13.1 Å². The van der Waals surface area contributed by atoms with Gasteiger partial charge in [-0.1, -0.05) is 43.3 Å². The van der Waals surface area contributed by atoms with Crippen LogP contribution in [-0.4, -0.2) is 41.5 Å². The second kappa shape index (κ2) is 11.2. The Bertz CT molecular complexity index is 1160. The van der Waals surface area contributed by atoms with Crippen LogP contribution in [0.15, 0.2) is 77.0 Å². The third kappa shape index (κ3) is 6.47. The highest BCUT2D eigenvalue weighted by molar-refractivity contribution is 7.89. The van der Waals surface area contributed by atoms with Gasteiger partial charge >= 0.3 is 0 Å². The largest absolute Gasteiger partial charge is 0.332 e. The fraction of sp³-hybridized carbons (Fsp3) is 0.261. The number of hydrogen-bond donors (Lipinski definition) is 0. The van der Waals surface area contributed by atoms with Gasteiger partial charge in [-0.3, -0.25) is 14.9 Å². The predicted octanol–water partition coefficient (Wildman–Crippen LogP) is 4.29. The zero-order valence-electron chi connectivity index (χ0n) is 18.2. The van der Waals surface area contributed by atoms with Gasteiger partial charge in [-0.2, -0.15) is 4.31 Å². The maximum Gasteiger partial charge on any atom is 0.269 e. The van der Waals surface area contributed by atoms with E-state index in [0.29, 0.717) is 19.5 Å². The molecule has 0 aliphatic heterocycles. The van der Waals surface area contributed by atoms with Crippen molar-refractivity contribution in [1.29, 1.82) is 0 Å². The summed E-state index contributed by atoms with van der Waals surface area (Å²) in [5.41, 5.74) is 0.750. The number of amides is 1. The normalized spacial score (nSPS) is 11.5. The van der Waals surface area contributed by atoms with Gasteiger partial charge in [0.15, 0.2) is 0 Å². The van der Waals surface area contributed by atoms with Crippen LogP contribution in [0.3, 0.4) is 0 Å². The molecule has 1 heterocycles. The van der Waals surface area contributed by atoms with Crippen LogP contribution >= 0.6 is 11.3 Å². The van der Waals surface area contributed by atoms with Crippen LogP contribution in [0.2, 0.25) is 0 Å². The van der Waals surface area contributed by atoms with E-state index in [0.717, 1.165) is 26.9 Å². The van der Waals surface area contributed by atoms with E-state index < -0.39 is 14.9 Å². The summed E-state index contributed by atoms with van der Waals surface area (Å²) in [4.78, 5) is 26.2. The first-order chi connectivity index (χ1) is 15.8. The minimum Gasteiger partial charge on any atom is -0.332 e. The van der Waals surface area contributed by atoms with Crippen LogP contribution in [0.4, 0.5) is 5.69 Å². The summed E-state index contributed by atoms with van der Waals surface area (Å²) in [5.74, 6) is -0.314. The van der Waals surface area contributed by atoms with E-state index in [1.54, 1.807) is 4.90 Å². The van der Waals surface area contributed by atoms with Gasteiger partial charge in [-0.15, -0.1) is 11.3 Å². The molecule has 10 heteroatoms. The zero-order valence-corrected chi connectivity index (χ0v) is 19.8. The maximum atomic E-state index is 13.3. The Hall–Kier alpha value is -3.08. The zero-order chi connectivity index (χ0) is 23.8. The molecule has 8 nitrogen and oxygen atoms in total. The van der Waals surface area contributed by atoms with E-state index in [-0.39, 0.29) is 29.6 Å². The lowest BCUT2D eigenvalue weighted by Crippen LogP contribution is -2.42. The van der Waals surface area contributed by atoms with E-state index in [9.17, 15) is 23.3 Å². The van der Waals surface area contributed by atoms with Crippen molar-refractivity contribution in [3.8, 4) is 0 Å². The maximum absolute atomic E-state index is 13.3. The predicted molar refractivity (Wildman–Crippen MR) is 127 cm³/mol. The van der Waals surface area contributed by atoms with Gasteiger partial charge in [0, 0.05) is 30.1 Å². The van der Waals surface area contributed by atoms with Gasteiger partial charge in [0.05, 0.1) is 22.9 Å². The molecule has 0 fully saturated rings. The van der Waals surface area contributed by atoms with Crippen molar-refractivity contribution < 1.29 is 18.1 Å². The first-order valence-corrected chi connectivity index (χ1v) is 12.7. The number of nitro benzene ring substituents is 1. The Kier molecular flexibility index (Phi) is 8.32. The molecule has 0 saturated heterocycles. The number of carbonyl (C=O) groups is 1. The highest BCUT2D eigenvalue weighted by atomic mass is 32.2. The summed E-state index contributed by atoms with van der Waals surface area (Å²) in [6, 6.07) is 18.1. The van der Waals surface area contributed by atoms with Gasteiger partial charge in [0.25, 0.3) is 5.69 Å². The number of nitro groups is 1. The van der Waals surface area contributed by atoms with Crippen molar-refractivity contribution in [3.63, 3.8) is 0 Å². The number of benzene rings is 2. The number of carbonyl (C=O) groups excluding carboxylic acids is 1. The molecule has 33 heavy (non-hydrogen) atoms. The Labute approximate surface area is 197 Å². The van der Waals surface area contributed by atoms with Crippen LogP contribution in [0.1, 0.15) is 23.8 Å². The molecule has 1 amide bonds. The fourth-order valence-corrected chi connectivity index (χ4v) is 5.50. The van der Waals surface area contributed by atoms with Crippen molar-refractivity contribution in [3.05, 3.63) is 92.7 Å². The molecule has 0 saturated carbocycles. The van der Waals surface area contributed by atoms with Crippen molar-refractivity contribution in [2.24, 2.45) is 0 Å². The van der Waals surface area contributed by atoms with Gasteiger partial charge in [-0.05, 0) is 35.6 Å². The Morgan fingerprint density at radius 1 is 1.00 bits per heavy atom. The van der Waals surface area contributed by atoms with E-state index >= 15 is 0 Å². The molecule has 0 atom stereocenters. The summed E-state index contributed by atoms with van der Waals surface area (Å²) >= 11 is 1.53. The average molecular weight is 488 g/mol. The first-order valence-electron chi connectivity index (χ1n) is 10.4. The van der Waals surface area contributed by atoms with Crippen molar-refractivity contribution in [1.82, 2.24) is 9.21 Å². The van der Waals surface area contributed by atoms with Crippen LogP contribution < -0.4 is 0 Å². The van der Waals surface area contributed by atoms with E-state index in [1.165, 1.54) is 23.5 Å². The summed E-state index contributed by atoms with van der Waals surface area (Å²) in [6.07, 6.45) is 0.517.